The molecule has 2 aromatic carbocycles. The number of carbonyl (C=O) groups excluding carboxylic acids is 2. The lowest BCUT2D eigenvalue weighted by molar-refractivity contribution is -0.139. The lowest BCUT2D eigenvalue weighted by Crippen LogP contribution is -2.52. The summed E-state index contributed by atoms with van der Waals surface area (Å²) in [7, 11) is -3.85. The maximum Gasteiger partial charge on any atom is 0.244 e. The van der Waals surface area contributed by atoms with Crippen LogP contribution in [0.3, 0.4) is 0 Å². The summed E-state index contributed by atoms with van der Waals surface area (Å²) in [5, 5.41) is 3.44. The Kier molecular flexibility index (Phi) is 9.08. The molecular weight excluding hydrogens is 506 g/mol. The molecule has 0 fully saturated rings. The summed E-state index contributed by atoms with van der Waals surface area (Å²) >= 11 is 6.00. The number of fused-ring (bicyclic) bond motifs is 1. The molecule has 1 aliphatic heterocycles. The number of sulfonamides is 1. The van der Waals surface area contributed by atoms with E-state index in [9.17, 15) is 18.0 Å². The van der Waals surface area contributed by atoms with E-state index in [0.717, 1.165) is 22.5 Å². The summed E-state index contributed by atoms with van der Waals surface area (Å²) in [6.45, 7) is 5.80. The summed E-state index contributed by atoms with van der Waals surface area (Å²) in [4.78, 5) is 27.9. The number of ether oxygens (including phenoxy) is 2. The minimum absolute atomic E-state index is 0.0716. The topological polar surface area (TPSA) is 105 Å². The van der Waals surface area contributed by atoms with Gasteiger partial charge >= 0.3 is 0 Å². The maximum atomic E-state index is 13.6. The largest absolute Gasteiger partial charge is 0.486 e. The first kappa shape index (κ1) is 27.6. The van der Waals surface area contributed by atoms with E-state index in [1.54, 1.807) is 43.3 Å². The molecule has 0 spiro atoms. The van der Waals surface area contributed by atoms with Crippen LogP contribution in [0.1, 0.15) is 32.8 Å². The van der Waals surface area contributed by atoms with Gasteiger partial charge in [0, 0.05) is 23.7 Å². The molecule has 0 radical (unpaired) electrons. The number of halogens is 1. The SMILES string of the molecule is CC[C@@H](C)NC(=O)[C@@H](C)N(Cc1ccc(Cl)cc1)C(=O)CN(c1ccc2c(c1)OCCO2)S(C)(=O)=O. The van der Waals surface area contributed by atoms with Crippen LogP contribution in [0.2, 0.25) is 5.02 Å². The summed E-state index contributed by atoms with van der Waals surface area (Å²) in [6, 6.07) is 10.7. The van der Waals surface area contributed by atoms with E-state index in [1.807, 2.05) is 13.8 Å². The zero-order valence-corrected chi connectivity index (χ0v) is 22.4. The third kappa shape index (κ3) is 7.04. The Bertz CT molecular complexity index is 1190. The highest BCUT2D eigenvalue weighted by Gasteiger charge is 2.31. The van der Waals surface area contributed by atoms with E-state index < -0.39 is 28.5 Å². The molecule has 0 saturated heterocycles. The van der Waals surface area contributed by atoms with Gasteiger partial charge in [-0.2, -0.15) is 0 Å². The van der Waals surface area contributed by atoms with Gasteiger partial charge in [0.2, 0.25) is 21.8 Å². The number of rotatable bonds is 10. The Morgan fingerprint density at radius 3 is 2.31 bits per heavy atom. The fourth-order valence-electron chi connectivity index (χ4n) is 3.64. The molecular formula is C25H32ClN3O6S. The van der Waals surface area contributed by atoms with Crippen molar-refractivity contribution < 1.29 is 27.5 Å². The lowest BCUT2D eigenvalue weighted by Gasteiger charge is -2.32. The monoisotopic (exact) mass is 537 g/mol. The predicted molar refractivity (Wildman–Crippen MR) is 139 cm³/mol. The second-order valence-electron chi connectivity index (χ2n) is 8.74. The van der Waals surface area contributed by atoms with Gasteiger partial charge in [-0.25, -0.2) is 8.42 Å². The molecule has 36 heavy (non-hydrogen) atoms. The smallest absolute Gasteiger partial charge is 0.244 e. The Morgan fingerprint density at radius 1 is 1.06 bits per heavy atom. The van der Waals surface area contributed by atoms with Crippen molar-refractivity contribution in [3.8, 4) is 11.5 Å². The van der Waals surface area contributed by atoms with Gasteiger partial charge in [-0.15, -0.1) is 0 Å². The zero-order valence-electron chi connectivity index (χ0n) is 20.9. The van der Waals surface area contributed by atoms with Crippen LogP contribution in [0, 0.1) is 0 Å². The van der Waals surface area contributed by atoms with E-state index in [4.69, 9.17) is 21.1 Å². The molecule has 2 amide bonds. The van der Waals surface area contributed by atoms with Crippen LogP contribution >= 0.6 is 11.6 Å². The molecule has 0 saturated carbocycles. The normalized spacial score (nSPS) is 14.5. The van der Waals surface area contributed by atoms with E-state index >= 15 is 0 Å². The third-order valence-electron chi connectivity index (χ3n) is 5.93. The van der Waals surface area contributed by atoms with Gasteiger partial charge in [-0.05, 0) is 50.1 Å². The number of carbonyl (C=O) groups is 2. The van der Waals surface area contributed by atoms with Gasteiger partial charge in [-0.3, -0.25) is 13.9 Å². The van der Waals surface area contributed by atoms with Crippen molar-refractivity contribution in [3.63, 3.8) is 0 Å². The quantitative estimate of drug-likeness (QED) is 0.499. The van der Waals surface area contributed by atoms with Crippen molar-refractivity contribution in [1.29, 1.82) is 0 Å². The first-order valence-electron chi connectivity index (χ1n) is 11.7. The highest BCUT2D eigenvalue weighted by molar-refractivity contribution is 7.92. The van der Waals surface area contributed by atoms with Gasteiger partial charge in [0.05, 0.1) is 11.9 Å². The van der Waals surface area contributed by atoms with Gasteiger partial charge < -0.3 is 19.7 Å². The van der Waals surface area contributed by atoms with Crippen molar-refractivity contribution in [2.75, 3.05) is 30.3 Å². The van der Waals surface area contributed by atoms with Crippen molar-refractivity contribution >= 4 is 39.1 Å². The average molecular weight is 538 g/mol. The first-order valence-corrected chi connectivity index (χ1v) is 13.9. The lowest BCUT2D eigenvalue weighted by atomic mass is 10.1. The molecule has 9 nitrogen and oxygen atoms in total. The Morgan fingerprint density at radius 2 is 1.69 bits per heavy atom. The molecule has 2 aromatic rings. The third-order valence-corrected chi connectivity index (χ3v) is 7.32. The van der Waals surface area contributed by atoms with Crippen LogP contribution in [-0.2, 0) is 26.2 Å². The standard InChI is InChI=1S/C25H32ClN3O6S/c1-5-17(2)27-25(31)18(3)28(15-19-6-8-20(26)9-7-19)24(30)16-29(36(4,32)33)21-10-11-22-23(14-21)35-13-12-34-22/h6-11,14,17-18H,5,12-13,15-16H2,1-4H3,(H,27,31)/t17-,18-/m1/s1. The molecule has 196 valence electrons. The van der Waals surface area contributed by atoms with Crippen LogP contribution < -0.4 is 19.1 Å². The number of amides is 2. The van der Waals surface area contributed by atoms with Crippen molar-refractivity contribution in [3.05, 3.63) is 53.1 Å². The van der Waals surface area contributed by atoms with Gasteiger partial charge in [0.25, 0.3) is 0 Å². The maximum absolute atomic E-state index is 13.6. The highest BCUT2D eigenvalue weighted by Crippen LogP contribution is 2.34. The summed E-state index contributed by atoms with van der Waals surface area (Å²) in [5.41, 5.74) is 1.01. The number of anilines is 1. The van der Waals surface area contributed by atoms with E-state index in [1.165, 1.54) is 11.0 Å². The van der Waals surface area contributed by atoms with Crippen LogP contribution in [0.5, 0.6) is 11.5 Å². The van der Waals surface area contributed by atoms with Crippen LogP contribution in [0.4, 0.5) is 5.69 Å². The Balaban J connectivity index is 1.91. The molecule has 1 aliphatic rings. The van der Waals surface area contributed by atoms with E-state index in [-0.39, 0.29) is 24.2 Å². The van der Waals surface area contributed by atoms with Crippen LogP contribution in [0.25, 0.3) is 0 Å². The minimum atomic E-state index is -3.85. The molecule has 2 atom stereocenters. The first-order chi connectivity index (χ1) is 17.0. The summed E-state index contributed by atoms with van der Waals surface area (Å²) < 4.78 is 37.6. The Hall–Kier alpha value is -2.98. The molecule has 1 heterocycles. The second-order valence-corrected chi connectivity index (χ2v) is 11.1. The van der Waals surface area contributed by atoms with Crippen molar-refractivity contribution in [2.24, 2.45) is 0 Å². The van der Waals surface area contributed by atoms with E-state index in [2.05, 4.69) is 5.32 Å². The zero-order chi connectivity index (χ0) is 26.5. The number of nitrogens with one attached hydrogen (secondary N) is 1. The second kappa shape index (κ2) is 11.8. The fourth-order valence-corrected chi connectivity index (χ4v) is 4.60. The van der Waals surface area contributed by atoms with Gasteiger partial charge in [0.15, 0.2) is 11.5 Å². The minimum Gasteiger partial charge on any atom is -0.486 e. The number of hydrogen-bond acceptors (Lipinski definition) is 6. The molecule has 3 rings (SSSR count). The van der Waals surface area contributed by atoms with Gasteiger partial charge in [-0.1, -0.05) is 30.7 Å². The molecule has 0 bridgehead atoms. The fraction of sp³-hybridized carbons (Fsp3) is 0.440. The Labute approximate surface area is 217 Å². The van der Waals surface area contributed by atoms with E-state index in [0.29, 0.717) is 29.7 Å². The van der Waals surface area contributed by atoms with Crippen LogP contribution in [0.15, 0.2) is 42.5 Å². The predicted octanol–water partition coefficient (Wildman–Crippen LogP) is 3.21. The molecule has 0 unspecified atom stereocenters. The number of benzene rings is 2. The van der Waals surface area contributed by atoms with Gasteiger partial charge in [0.1, 0.15) is 25.8 Å². The molecule has 0 aromatic heterocycles. The highest BCUT2D eigenvalue weighted by atomic mass is 35.5. The molecule has 1 N–H and O–H groups in total. The molecule has 0 aliphatic carbocycles. The summed E-state index contributed by atoms with van der Waals surface area (Å²) in [5.74, 6) is 0.0533. The van der Waals surface area contributed by atoms with Crippen molar-refractivity contribution in [1.82, 2.24) is 10.2 Å². The number of nitrogens with zero attached hydrogens (tertiary/aromatic N) is 2. The average Bonchev–Trinajstić information content (AvgIpc) is 2.85. The summed E-state index contributed by atoms with van der Waals surface area (Å²) in [6.07, 6.45) is 1.76. The number of hydrogen-bond donors (Lipinski definition) is 1. The van der Waals surface area contributed by atoms with Crippen molar-refractivity contribution in [2.45, 2.75) is 45.8 Å². The van der Waals surface area contributed by atoms with Crippen LogP contribution in [-0.4, -0.2) is 63.2 Å². The molecule has 11 heteroatoms.